The summed E-state index contributed by atoms with van der Waals surface area (Å²) in [6, 6.07) is 1.59. The molecule has 0 saturated heterocycles. The molecule has 8 heteroatoms. The summed E-state index contributed by atoms with van der Waals surface area (Å²) < 4.78 is 55.6. The summed E-state index contributed by atoms with van der Waals surface area (Å²) in [5.41, 5.74) is -1.81. The normalized spacial score (nSPS) is 11.1. The van der Waals surface area contributed by atoms with Crippen molar-refractivity contribution in [2.24, 2.45) is 0 Å². The first-order valence-electron chi connectivity index (χ1n) is 5.86. The number of carbonyl (C=O) groups excluding carboxylic acids is 2. The van der Waals surface area contributed by atoms with Gasteiger partial charge in [0.2, 0.25) is 0 Å². The molecular weight excluding hydrogens is 294 g/mol. The van der Waals surface area contributed by atoms with Crippen LogP contribution in [0.1, 0.15) is 22.3 Å². The third-order valence-corrected chi connectivity index (χ3v) is 2.75. The zero-order valence-electron chi connectivity index (χ0n) is 11.3. The summed E-state index contributed by atoms with van der Waals surface area (Å²) in [4.78, 5) is 23.8. The largest absolute Gasteiger partial charge is 0.469 e. The number of amides is 1. The number of methoxy groups -OCH3 is 1. The van der Waals surface area contributed by atoms with Crippen LogP contribution in [0.4, 0.5) is 17.6 Å². The molecule has 0 atom stereocenters. The standard InChI is InChI=1S/C13H13F4NO3/c1-18(6-5-11(19)21-2)12(20)9-7-8(13(15,16)17)3-4-10(9)14/h3-4,7H,5-6H2,1-2H3. The summed E-state index contributed by atoms with van der Waals surface area (Å²) in [6.45, 7) is -0.0960. The number of ether oxygens (including phenoxy) is 1. The van der Waals surface area contributed by atoms with E-state index >= 15 is 0 Å². The Labute approximate surface area is 118 Å². The molecule has 0 aliphatic carbocycles. The number of hydrogen-bond donors (Lipinski definition) is 0. The third kappa shape index (κ3) is 4.44. The van der Waals surface area contributed by atoms with Crippen molar-refractivity contribution in [2.75, 3.05) is 20.7 Å². The number of esters is 1. The molecule has 4 nitrogen and oxygen atoms in total. The van der Waals surface area contributed by atoms with E-state index in [9.17, 15) is 27.2 Å². The van der Waals surface area contributed by atoms with Gasteiger partial charge >= 0.3 is 12.1 Å². The molecule has 1 aromatic carbocycles. The maximum Gasteiger partial charge on any atom is 0.416 e. The third-order valence-electron chi connectivity index (χ3n) is 2.75. The molecule has 0 aliphatic heterocycles. The fourth-order valence-corrected chi connectivity index (χ4v) is 1.53. The first-order chi connectivity index (χ1) is 9.66. The Balaban J connectivity index is 2.93. The molecule has 1 rings (SSSR count). The van der Waals surface area contributed by atoms with Crippen LogP contribution in [-0.4, -0.2) is 37.5 Å². The van der Waals surface area contributed by atoms with Gasteiger partial charge in [-0.05, 0) is 18.2 Å². The minimum absolute atomic E-state index is 0.0960. The van der Waals surface area contributed by atoms with Gasteiger partial charge in [-0.1, -0.05) is 0 Å². The van der Waals surface area contributed by atoms with Crippen LogP contribution >= 0.6 is 0 Å². The fourth-order valence-electron chi connectivity index (χ4n) is 1.53. The second-order valence-electron chi connectivity index (χ2n) is 4.25. The van der Waals surface area contributed by atoms with Gasteiger partial charge < -0.3 is 9.64 Å². The van der Waals surface area contributed by atoms with Crippen molar-refractivity contribution in [3.05, 3.63) is 35.1 Å². The van der Waals surface area contributed by atoms with Gasteiger partial charge in [0.25, 0.3) is 5.91 Å². The van der Waals surface area contributed by atoms with Crippen LogP contribution in [0.2, 0.25) is 0 Å². The quantitative estimate of drug-likeness (QED) is 0.634. The lowest BCUT2D eigenvalue weighted by Crippen LogP contribution is -2.30. The highest BCUT2D eigenvalue weighted by Crippen LogP contribution is 2.30. The molecule has 0 heterocycles. The summed E-state index contributed by atoms with van der Waals surface area (Å²) in [6.07, 6.45) is -4.81. The Kier molecular flexibility index (Phi) is 5.28. The van der Waals surface area contributed by atoms with Gasteiger partial charge in [0.15, 0.2) is 0 Å². The number of rotatable bonds is 4. The van der Waals surface area contributed by atoms with E-state index in [0.29, 0.717) is 18.2 Å². The topological polar surface area (TPSA) is 46.6 Å². The van der Waals surface area contributed by atoms with E-state index in [1.165, 1.54) is 7.05 Å². The monoisotopic (exact) mass is 307 g/mol. The van der Waals surface area contributed by atoms with Crippen molar-refractivity contribution < 1.29 is 31.9 Å². The van der Waals surface area contributed by atoms with E-state index in [4.69, 9.17) is 0 Å². The minimum atomic E-state index is -4.67. The Bertz CT molecular complexity index is 543. The smallest absolute Gasteiger partial charge is 0.416 e. The average molecular weight is 307 g/mol. The van der Waals surface area contributed by atoms with Crippen LogP contribution in [0.3, 0.4) is 0 Å². The zero-order valence-corrected chi connectivity index (χ0v) is 11.3. The molecule has 0 saturated carbocycles. The van der Waals surface area contributed by atoms with Crippen LogP contribution in [0.15, 0.2) is 18.2 Å². The summed E-state index contributed by atoms with van der Waals surface area (Å²) >= 11 is 0. The first-order valence-corrected chi connectivity index (χ1v) is 5.86. The van der Waals surface area contributed by atoms with Crippen LogP contribution < -0.4 is 0 Å². The Morgan fingerprint density at radius 2 is 1.90 bits per heavy atom. The van der Waals surface area contributed by atoms with Crippen LogP contribution in [0.5, 0.6) is 0 Å². The van der Waals surface area contributed by atoms with Gasteiger partial charge in [0, 0.05) is 13.6 Å². The number of alkyl halides is 3. The van der Waals surface area contributed by atoms with Crippen molar-refractivity contribution in [3.8, 4) is 0 Å². The molecule has 0 radical (unpaired) electrons. The van der Waals surface area contributed by atoms with Gasteiger partial charge in [-0.3, -0.25) is 9.59 Å². The van der Waals surface area contributed by atoms with E-state index in [1.807, 2.05) is 0 Å². The van der Waals surface area contributed by atoms with Crippen molar-refractivity contribution in [2.45, 2.75) is 12.6 Å². The summed E-state index contributed by atoms with van der Waals surface area (Å²) in [7, 11) is 2.42. The molecule has 0 spiro atoms. The maximum absolute atomic E-state index is 13.5. The summed E-state index contributed by atoms with van der Waals surface area (Å²) in [5.74, 6) is -2.58. The summed E-state index contributed by atoms with van der Waals surface area (Å²) in [5, 5.41) is 0. The first kappa shape index (κ1) is 16.9. The molecule has 21 heavy (non-hydrogen) atoms. The van der Waals surface area contributed by atoms with Gasteiger partial charge in [0.05, 0.1) is 24.7 Å². The van der Waals surface area contributed by atoms with Gasteiger partial charge in [-0.25, -0.2) is 4.39 Å². The molecule has 0 aromatic heterocycles. The Hall–Kier alpha value is -2.12. The van der Waals surface area contributed by atoms with Gasteiger partial charge in [-0.2, -0.15) is 13.2 Å². The molecule has 0 bridgehead atoms. The number of hydrogen-bond acceptors (Lipinski definition) is 3. The zero-order chi connectivity index (χ0) is 16.2. The number of carbonyl (C=O) groups is 2. The van der Waals surface area contributed by atoms with E-state index in [-0.39, 0.29) is 13.0 Å². The van der Waals surface area contributed by atoms with Crippen LogP contribution in [0, 0.1) is 5.82 Å². The molecule has 0 fully saturated rings. The molecule has 116 valence electrons. The Morgan fingerprint density at radius 3 is 2.43 bits per heavy atom. The predicted molar refractivity (Wildman–Crippen MR) is 65.0 cm³/mol. The van der Waals surface area contributed by atoms with E-state index < -0.39 is 35.0 Å². The SMILES string of the molecule is COC(=O)CCN(C)C(=O)c1cc(C(F)(F)F)ccc1F. The van der Waals surface area contributed by atoms with Crippen molar-refractivity contribution in [1.82, 2.24) is 4.90 Å². The molecule has 1 amide bonds. The number of benzene rings is 1. The van der Waals surface area contributed by atoms with Gasteiger partial charge in [-0.15, -0.1) is 0 Å². The lowest BCUT2D eigenvalue weighted by Gasteiger charge is -2.17. The highest BCUT2D eigenvalue weighted by molar-refractivity contribution is 5.94. The highest BCUT2D eigenvalue weighted by Gasteiger charge is 2.32. The van der Waals surface area contributed by atoms with Crippen molar-refractivity contribution in [3.63, 3.8) is 0 Å². The lowest BCUT2D eigenvalue weighted by molar-refractivity contribution is -0.140. The van der Waals surface area contributed by atoms with E-state index in [2.05, 4.69) is 4.74 Å². The maximum atomic E-state index is 13.5. The van der Waals surface area contributed by atoms with Crippen molar-refractivity contribution in [1.29, 1.82) is 0 Å². The van der Waals surface area contributed by atoms with Crippen LogP contribution in [-0.2, 0) is 15.7 Å². The van der Waals surface area contributed by atoms with Crippen molar-refractivity contribution >= 4 is 11.9 Å². The molecule has 0 aliphatic rings. The molecule has 1 aromatic rings. The second kappa shape index (κ2) is 6.55. The molecule has 0 N–H and O–H groups in total. The number of halogens is 4. The predicted octanol–water partition coefficient (Wildman–Crippen LogP) is 2.48. The Morgan fingerprint density at radius 1 is 1.29 bits per heavy atom. The minimum Gasteiger partial charge on any atom is -0.469 e. The average Bonchev–Trinajstić information content (AvgIpc) is 2.42. The molecular formula is C13H13F4NO3. The molecule has 0 unspecified atom stereocenters. The van der Waals surface area contributed by atoms with E-state index in [1.54, 1.807) is 0 Å². The fraction of sp³-hybridized carbons (Fsp3) is 0.385. The van der Waals surface area contributed by atoms with Crippen LogP contribution in [0.25, 0.3) is 0 Å². The van der Waals surface area contributed by atoms with E-state index in [0.717, 1.165) is 12.0 Å². The number of nitrogens with zero attached hydrogens (tertiary/aromatic N) is 1. The lowest BCUT2D eigenvalue weighted by atomic mass is 10.1. The highest BCUT2D eigenvalue weighted by atomic mass is 19.4. The second-order valence-corrected chi connectivity index (χ2v) is 4.25. The van der Waals surface area contributed by atoms with Gasteiger partial charge in [0.1, 0.15) is 5.82 Å².